The number of carboxylic acids is 1. The van der Waals surface area contributed by atoms with Gasteiger partial charge in [0.05, 0.1) is 24.6 Å². The molecule has 0 bridgehead atoms. The van der Waals surface area contributed by atoms with Gasteiger partial charge in [-0.05, 0) is 6.07 Å². The molecule has 98 valence electrons. The maximum Gasteiger partial charge on any atom is 0.337 e. The summed E-state index contributed by atoms with van der Waals surface area (Å²) in [5.74, 6) is -3.03. The number of anilines is 1. The minimum atomic E-state index is -3.95. The molecule has 0 radical (unpaired) electrons. The molecule has 0 aliphatic carbocycles. The average molecular weight is 274 g/mol. The molecule has 2 N–H and O–H groups in total. The minimum absolute atomic E-state index is 0.0428. The lowest BCUT2D eigenvalue weighted by Gasteiger charge is -2.06. The molecule has 8 nitrogen and oxygen atoms in total. The van der Waals surface area contributed by atoms with E-state index in [9.17, 15) is 18.0 Å². The number of carboxylic acid groups (broad SMARTS) is 1. The van der Waals surface area contributed by atoms with E-state index in [2.05, 4.69) is 9.72 Å². The molecule has 1 aromatic heterocycles. The van der Waals surface area contributed by atoms with E-state index in [1.807, 2.05) is 4.72 Å². The lowest BCUT2D eigenvalue weighted by molar-refractivity contribution is -0.137. The van der Waals surface area contributed by atoms with Crippen molar-refractivity contribution < 1.29 is 27.9 Å². The third kappa shape index (κ3) is 4.01. The highest BCUT2D eigenvalue weighted by Crippen LogP contribution is 2.10. The second-order valence-electron chi connectivity index (χ2n) is 3.20. The fraction of sp³-hybridized carbons (Fsp3) is 0.222. The van der Waals surface area contributed by atoms with Gasteiger partial charge in [-0.3, -0.25) is 14.5 Å². The van der Waals surface area contributed by atoms with E-state index in [4.69, 9.17) is 5.11 Å². The van der Waals surface area contributed by atoms with E-state index in [-0.39, 0.29) is 11.3 Å². The number of nitrogens with zero attached hydrogens (tertiary/aromatic N) is 1. The summed E-state index contributed by atoms with van der Waals surface area (Å²) in [6, 6.07) is 1.09. The highest BCUT2D eigenvalue weighted by molar-refractivity contribution is 7.93. The first-order chi connectivity index (χ1) is 8.34. The molecule has 1 rings (SSSR count). The van der Waals surface area contributed by atoms with Crippen molar-refractivity contribution in [1.82, 2.24) is 4.98 Å². The van der Waals surface area contributed by atoms with Crippen LogP contribution in [0.3, 0.4) is 0 Å². The van der Waals surface area contributed by atoms with Crippen molar-refractivity contribution in [2.75, 3.05) is 17.6 Å². The van der Waals surface area contributed by atoms with Gasteiger partial charge in [-0.2, -0.15) is 0 Å². The van der Waals surface area contributed by atoms with Crippen LogP contribution >= 0.6 is 0 Å². The van der Waals surface area contributed by atoms with E-state index in [1.165, 1.54) is 0 Å². The number of nitrogens with one attached hydrogen (secondary N) is 1. The Morgan fingerprint density at radius 2 is 2.11 bits per heavy atom. The number of esters is 1. The van der Waals surface area contributed by atoms with Gasteiger partial charge in [0, 0.05) is 6.20 Å². The van der Waals surface area contributed by atoms with E-state index in [1.54, 1.807) is 0 Å². The Balaban J connectivity index is 2.87. The molecule has 0 saturated carbocycles. The van der Waals surface area contributed by atoms with E-state index in [0.29, 0.717) is 0 Å². The van der Waals surface area contributed by atoms with Gasteiger partial charge in [0.2, 0.25) is 10.0 Å². The van der Waals surface area contributed by atoms with Crippen molar-refractivity contribution in [3.8, 4) is 0 Å². The molecule has 9 heteroatoms. The van der Waals surface area contributed by atoms with Crippen molar-refractivity contribution in [3.05, 3.63) is 24.0 Å². The summed E-state index contributed by atoms with van der Waals surface area (Å²) in [5, 5.41) is 8.70. The lowest BCUT2D eigenvalue weighted by Crippen LogP contribution is -2.23. The summed E-state index contributed by atoms with van der Waals surface area (Å²) in [7, 11) is -2.89. The van der Waals surface area contributed by atoms with Crippen LogP contribution in [0.4, 0.5) is 5.69 Å². The van der Waals surface area contributed by atoms with E-state index < -0.39 is 27.7 Å². The number of carbonyl (C=O) groups excluding carboxylic acids is 1. The van der Waals surface area contributed by atoms with Gasteiger partial charge >= 0.3 is 11.9 Å². The van der Waals surface area contributed by atoms with Crippen LogP contribution in [-0.2, 0) is 19.6 Å². The number of methoxy groups -OCH3 is 1. The van der Waals surface area contributed by atoms with E-state index >= 15 is 0 Å². The fourth-order valence-corrected chi connectivity index (χ4v) is 2.01. The molecule has 0 fully saturated rings. The summed E-state index contributed by atoms with van der Waals surface area (Å²) in [4.78, 5) is 25.1. The van der Waals surface area contributed by atoms with Crippen LogP contribution < -0.4 is 4.72 Å². The predicted molar refractivity (Wildman–Crippen MR) is 60.6 cm³/mol. The van der Waals surface area contributed by atoms with Crippen LogP contribution in [0.15, 0.2) is 18.5 Å². The first kappa shape index (κ1) is 13.9. The molecule has 18 heavy (non-hydrogen) atoms. The molecule has 0 aliphatic rings. The Bertz CT molecular complexity index is 568. The van der Waals surface area contributed by atoms with Crippen LogP contribution in [0.1, 0.15) is 10.4 Å². The molecule has 0 amide bonds. The van der Waals surface area contributed by atoms with Crippen LogP contribution in [0.25, 0.3) is 0 Å². The molecule has 0 aromatic carbocycles. The third-order valence-electron chi connectivity index (χ3n) is 1.79. The lowest BCUT2D eigenvalue weighted by atomic mass is 10.3. The highest BCUT2D eigenvalue weighted by Gasteiger charge is 2.17. The van der Waals surface area contributed by atoms with Gasteiger partial charge in [-0.15, -0.1) is 0 Å². The second-order valence-corrected chi connectivity index (χ2v) is 4.93. The Kier molecular flexibility index (Phi) is 4.21. The molecular formula is C9H10N2O6S. The number of ether oxygens (including phenoxy) is 1. The zero-order chi connectivity index (χ0) is 13.8. The number of hydrogen-bond donors (Lipinski definition) is 2. The van der Waals surface area contributed by atoms with Crippen molar-refractivity contribution in [3.63, 3.8) is 0 Å². The molecule has 0 atom stereocenters. The Morgan fingerprint density at radius 1 is 1.44 bits per heavy atom. The van der Waals surface area contributed by atoms with Crippen molar-refractivity contribution in [1.29, 1.82) is 0 Å². The van der Waals surface area contributed by atoms with Crippen molar-refractivity contribution >= 4 is 27.6 Å². The number of sulfonamides is 1. The van der Waals surface area contributed by atoms with Crippen LogP contribution in [0.2, 0.25) is 0 Å². The van der Waals surface area contributed by atoms with Crippen LogP contribution in [0.5, 0.6) is 0 Å². The predicted octanol–water partition coefficient (Wildman–Crippen LogP) is -0.306. The Morgan fingerprint density at radius 3 is 2.67 bits per heavy atom. The number of hydrogen-bond acceptors (Lipinski definition) is 6. The van der Waals surface area contributed by atoms with Gasteiger partial charge < -0.3 is 9.84 Å². The number of rotatable bonds is 5. The molecule has 0 saturated heterocycles. The molecule has 0 spiro atoms. The first-order valence-electron chi connectivity index (χ1n) is 4.60. The maximum atomic E-state index is 11.5. The zero-order valence-corrected chi connectivity index (χ0v) is 10.1. The Hall–Kier alpha value is -2.16. The van der Waals surface area contributed by atoms with Gasteiger partial charge in [0.15, 0.2) is 5.75 Å². The first-order valence-corrected chi connectivity index (χ1v) is 6.25. The van der Waals surface area contributed by atoms with Crippen molar-refractivity contribution in [2.24, 2.45) is 0 Å². The summed E-state index contributed by atoms with van der Waals surface area (Å²) < 4.78 is 29.2. The van der Waals surface area contributed by atoms with Crippen molar-refractivity contribution in [2.45, 2.75) is 0 Å². The van der Waals surface area contributed by atoms with Gasteiger partial charge in [-0.25, -0.2) is 13.2 Å². The number of pyridine rings is 1. The zero-order valence-electron chi connectivity index (χ0n) is 9.28. The minimum Gasteiger partial charge on any atom is -0.478 e. The Labute approximate surface area is 103 Å². The van der Waals surface area contributed by atoms with Crippen LogP contribution in [-0.4, -0.2) is 43.3 Å². The monoisotopic (exact) mass is 274 g/mol. The molecule has 0 aliphatic heterocycles. The quantitative estimate of drug-likeness (QED) is 0.706. The number of aromatic nitrogens is 1. The SMILES string of the molecule is COC(=O)CS(=O)(=O)Nc1cncc(C(=O)O)c1. The molecule has 1 heterocycles. The third-order valence-corrected chi connectivity index (χ3v) is 2.96. The average Bonchev–Trinajstić information content (AvgIpc) is 2.27. The summed E-state index contributed by atoms with van der Waals surface area (Å²) in [6.07, 6.45) is 2.20. The van der Waals surface area contributed by atoms with Gasteiger partial charge in [-0.1, -0.05) is 0 Å². The molecular weight excluding hydrogens is 264 g/mol. The summed E-state index contributed by atoms with van der Waals surface area (Å²) in [5.41, 5.74) is -0.216. The van der Waals surface area contributed by atoms with Gasteiger partial charge in [0.25, 0.3) is 0 Å². The number of aromatic carboxylic acids is 1. The second kappa shape index (κ2) is 5.45. The largest absolute Gasteiger partial charge is 0.478 e. The number of carbonyl (C=O) groups is 2. The molecule has 1 aromatic rings. The molecule has 0 unspecified atom stereocenters. The maximum absolute atomic E-state index is 11.5. The smallest absolute Gasteiger partial charge is 0.337 e. The fourth-order valence-electron chi connectivity index (χ4n) is 1.04. The van der Waals surface area contributed by atoms with Gasteiger partial charge in [0.1, 0.15) is 0 Å². The summed E-state index contributed by atoms with van der Waals surface area (Å²) >= 11 is 0. The van der Waals surface area contributed by atoms with Crippen LogP contribution in [0, 0.1) is 0 Å². The van der Waals surface area contributed by atoms with E-state index in [0.717, 1.165) is 25.6 Å². The normalized spacial score (nSPS) is 10.7. The topological polar surface area (TPSA) is 123 Å². The standard InChI is InChI=1S/C9H10N2O6S/c1-17-8(12)5-18(15,16)11-7-2-6(9(13)14)3-10-4-7/h2-4,11H,5H2,1H3,(H,13,14). The summed E-state index contributed by atoms with van der Waals surface area (Å²) in [6.45, 7) is 0. The highest BCUT2D eigenvalue weighted by atomic mass is 32.2.